The third-order valence-electron chi connectivity index (χ3n) is 4.16. The monoisotopic (exact) mass is 296 g/mol. The summed E-state index contributed by atoms with van der Waals surface area (Å²) < 4.78 is 7.07. The van der Waals surface area contributed by atoms with Gasteiger partial charge in [-0.15, -0.1) is 0 Å². The summed E-state index contributed by atoms with van der Waals surface area (Å²) in [6, 6.07) is 7.71. The molecule has 0 amide bonds. The molecule has 0 radical (unpaired) electrons. The summed E-state index contributed by atoms with van der Waals surface area (Å²) in [4.78, 5) is 8.42. The lowest BCUT2D eigenvalue weighted by atomic mass is 9.99. The Balaban J connectivity index is 1.61. The SMILES string of the molecule is NC1(c2noc(-c3ccc(-n4cncn4)cc3)n2)CCCC1. The van der Waals surface area contributed by atoms with E-state index in [0.717, 1.165) is 36.9 Å². The third kappa shape index (κ3) is 2.19. The topological polar surface area (TPSA) is 95.7 Å². The average molecular weight is 296 g/mol. The maximum absolute atomic E-state index is 6.36. The maximum atomic E-state index is 6.36. The highest BCUT2D eigenvalue weighted by Gasteiger charge is 2.36. The van der Waals surface area contributed by atoms with Gasteiger partial charge in [0.15, 0.2) is 5.82 Å². The minimum Gasteiger partial charge on any atom is -0.334 e. The van der Waals surface area contributed by atoms with Crippen LogP contribution in [0.2, 0.25) is 0 Å². The summed E-state index contributed by atoms with van der Waals surface area (Å²) in [6.45, 7) is 0. The van der Waals surface area contributed by atoms with E-state index >= 15 is 0 Å². The van der Waals surface area contributed by atoms with Gasteiger partial charge in [0.25, 0.3) is 5.89 Å². The van der Waals surface area contributed by atoms with E-state index in [1.807, 2.05) is 24.3 Å². The lowest BCUT2D eigenvalue weighted by Crippen LogP contribution is -2.34. The van der Waals surface area contributed by atoms with E-state index in [1.165, 1.54) is 6.33 Å². The second kappa shape index (κ2) is 5.03. The molecule has 0 bridgehead atoms. The molecule has 0 unspecified atom stereocenters. The molecule has 1 fully saturated rings. The fourth-order valence-electron chi connectivity index (χ4n) is 2.87. The van der Waals surface area contributed by atoms with Crippen molar-refractivity contribution >= 4 is 0 Å². The molecule has 1 aliphatic rings. The van der Waals surface area contributed by atoms with Gasteiger partial charge in [-0.1, -0.05) is 18.0 Å². The van der Waals surface area contributed by atoms with Gasteiger partial charge in [-0.3, -0.25) is 0 Å². The smallest absolute Gasteiger partial charge is 0.257 e. The van der Waals surface area contributed by atoms with Crippen molar-refractivity contribution in [1.82, 2.24) is 24.9 Å². The zero-order chi connectivity index (χ0) is 15.0. The molecule has 7 heteroatoms. The average Bonchev–Trinajstić information content (AvgIpc) is 3.29. The zero-order valence-corrected chi connectivity index (χ0v) is 12.0. The van der Waals surface area contributed by atoms with Gasteiger partial charge in [0.05, 0.1) is 11.2 Å². The van der Waals surface area contributed by atoms with Crippen molar-refractivity contribution in [1.29, 1.82) is 0 Å². The van der Waals surface area contributed by atoms with Crippen molar-refractivity contribution in [3.63, 3.8) is 0 Å². The van der Waals surface area contributed by atoms with Crippen molar-refractivity contribution in [2.75, 3.05) is 0 Å². The Kier molecular flexibility index (Phi) is 3.00. The van der Waals surface area contributed by atoms with Crippen LogP contribution < -0.4 is 5.73 Å². The van der Waals surface area contributed by atoms with E-state index in [9.17, 15) is 0 Å². The quantitative estimate of drug-likeness (QED) is 0.794. The van der Waals surface area contributed by atoms with Crippen molar-refractivity contribution in [3.05, 3.63) is 42.7 Å². The Morgan fingerprint density at radius 1 is 1.14 bits per heavy atom. The predicted molar refractivity (Wildman–Crippen MR) is 79.0 cm³/mol. The summed E-state index contributed by atoms with van der Waals surface area (Å²) in [5.41, 5.74) is 7.72. The molecule has 1 saturated carbocycles. The second-order valence-corrected chi connectivity index (χ2v) is 5.67. The summed E-state index contributed by atoms with van der Waals surface area (Å²) in [7, 11) is 0. The molecular weight excluding hydrogens is 280 g/mol. The standard InChI is InChI=1S/C15H16N6O/c16-15(7-1-2-8-15)14-19-13(22-20-14)11-3-5-12(6-4-11)21-10-17-9-18-21/h3-6,9-10H,1-2,7-8,16H2. The zero-order valence-electron chi connectivity index (χ0n) is 12.0. The Labute approximate surface area is 127 Å². The van der Waals surface area contributed by atoms with Gasteiger partial charge >= 0.3 is 0 Å². The molecule has 2 aromatic heterocycles. The highest BCUT2D eigenvalue weighted by Crippen LogP contribution is 2.35. The number of aromatic nitrogens is 5. The Bertz CT molecular complexity index is 756. The number of hydrogen-bond acceptors (Lipinski definition) is 6. The van der Waals surface area contributed by atoms with E-state index in [2.05, 4.69) is 20.2 Å². The van der Waals surface area contributed by atoms with Crippen LogP contribution in [-0.4, -0.2) is 24.9 Å². The predicted octanol–water partition coefficient (Wildman–Crippen LogP) is 2.05. The lowest BCUT2D eigenvalue weighted by Gasteiger charge is -2.17. The first kappa shape index (κ1) is 13.1. The van der Waals surface area contributed by atoms with Gasteiger partial charge in [-0.05, 0) is 37.1 Å². The molecule has 112 valence electrons. The summed E-state index contributed by atoms with van der Waals surface area (Å²) >= 11 is 0. The first-order chi connectivity index (χ1) is 10.7. The van der Waals surface area contributed by atoms with Crippen molar-refractivity contribution in [2.45, 2.75) is 31.2 Å². The molecule has 4 rings (SSSR count). The number of nitrogens with zero attached hydrogens (tertiary/aromatic N) is 5. The number of benzene rings is 1. The molecule has 0 spiro atoms. The van der Waals surface area contributed by atoms with Crippen LogP contribution in [0.5, 0.6) is 0 Å². The van der Waals surface area contributed by atoms with Gasteiger partial charge < -0.3 is 10.3 Å². The van der Waals surface area contributed by atoms with Gasteiger partial charge in [0.2, 0.25) is 0 Å². The fourth-order valence-corrected chi connectivity index (χ4v) is 2.87. The summed E-state index contributed by atoms with van der Waals surface area (Å²) in [5, 5.41) is 8.17. The molecule has 1 aliphatic carbocycles. The number of rotatable bonds is 3. The molecule has 2 N–H and O–H groups in total. The molecule has 3 aromatic rings. The van der Waals surface area contributed by atoms with Crippen LogP contribution in [0.4, 0.5) is 0 Å². The molecule has 0 atom stereocenters. The van der Waals surface area contributed by atoms with Crippen molar-refractivity contribution in [2.24, 2.45) is 5.73 Å². The molecular formula is C15H16N6O. The molecule has 1 aromatic carbocycles. The normalized spacial score (nSPS) is 17.0. The van der Waals surface area contributed by atoms with Crippen LogP contribution in [0.25, 0.3) is 17.1 Å². The molecule has 0 aliphatic heterocycles. The lowest BCUT2D eigenvalue weighted by molar-refractivity contribution is 0.372. The fraction of sp³-hybridized carbons (Fsp3) is 0.333. The van der Waals surface area contributed by atoms with Crippen LogP contribution in [0.15, 0.2) is 41.4 Å². The first-order valence-electron chi connectivity index (χ1n) is 7.33. The Morgan fingerprint density at radius 2 is 1.91 bits per heavy atom. The maximum Gasteiger partial charge on any atom is 0.257 e. The minimum atomic E-state index is -0.428. The van der Waals surface area contributed by atoms with E-state index in [0.29, 0.717) is 11.7 Å². The first-order valence-corrected chi connectivity index (χ1v) is 7.33. The summed E-state index contributed by atoms with van der Waals surface area (Å²) in [5.74, 6) is 1.11. The van der Waals surface area contributed by atoms with Crippen molar-refractivity contribution < 1.29 is 4.52 Å². The summed E-state index contributed by atoms with van der Waals surface area (Å²) in [6.07, 6.45) is 7.22. The Morgan fingerprint density at radius 3 is 2.59 bits per heavy atom. The van der Waals surface area contributed by atoms with Crippen LogP contribution in [0.3, 0.4) is 0 Å². The number of nitrogens with two attached hydrogens (primary N) is 1. The van der Waals surface area contributed by atoms with Gasteiger partial charge in [-0.2, -0.15) is 10.1 Å². The largest absolute Gasteiger partial charge is 0.334 e. The highest BCUT2D eigenvalue weighted by molar-refractivity contribution is 5.55. The van der Waals surface area contributed by atoms with E-state index in [1.54, 1.807) is 11.0 Å². The highest BCUT2D eigenvalue weighted by atomic mass is 16.5. The number of hydrogen-bond donors (Lipinski definition) is 1. The van der Waals surface area contributed by atoms with Gasteiger partial charge in [-0.25, -0.2) is 9.67 Å². The van der Waals surface area contributed by atoms with Crippen LogP contribution in [-0.2, 0) is 5.54 Å². The van der Waals surface area contributed by atoms with Crippen LogP contribution >= 0.6 is 0 Å². The molecule has 7 nitrogen and oxygen atoms in total. The van der Waals surface area contributed by atoms with E-state index in [4.69, 9.17) is 10.3 Å². The molecule has 0 saturated heterocycles. The third-order valence-corrected chi connectivity index (χ3v) is 4.16. The van der Waals surface area contributed by atoms with E-state index < -0.39 is 5.54 Å². The van der Waals surface area contributed by atoms with Gasteiger partial charge in [0.1, 0.15) is 12.7 Å². The van der Waals surface area contributed by atoms with Gasteiger partial charge in [0, 0.05) is 5.56 Å². The van der Waals surface area contributed by atoms with Crippen molar-refractivity contribution in [3.8, 4) is 17.1 Å². The Hall–Kier alpha value is -2.54. The second-order valence-electron chi connectivity index (χ2n) is 5.67. The van der Waals surface area contributed by atoms with Crippen LogP contribution in [0, 0.1) is 0 Å². The minimum absolute atomic E-state index is 0.428. The molecule has 2 heterocycles. The molecule has 22 heavy (non-hydrogen) atoms. The van der Waals surface area contributed by atoms with E-state index in [-0.39, 0.29) is 0 Å². The van der Waals surface area contributed by atoms with Crippen LogP contribution in [0.1, 0.15) is 31.5 Å².